The van der Waals surface area contributed by atoms with Gasteiger partial charge in [0.25, 0.3) is 0 Å². The fraction of sp³-hybridized carbons (Fsp3) is 0.333. The summed E-state index contributed by atoms with van der Waals surface area (Å²) >= 11 is 0. The van der Waals surface area contributed by atoms with Crippen LogP contribution in [-0.2, 0) is 10.4 Å². The van der Waals surface area contributed by atoms with Crippen LogP contribution in [0.1, 0.15) is 0 Å². The Kier molecular flexibility index (Phi) is 10.4. The molecule has 14 nitrogen and oxygen atoms in total. The lowest BCUT2D eigenvalue weighted by Gasteiger charge is -2.03. The Balaban J connectivity index is 0. The minimum Gasteiger partial charge on any atom is -0.393 e. The van der Waals surface area contributed by atoms with Crippen LogP contribution in [0.2, 0.25) is 0 Å². The van der Waals surface area contributed by atoms with E-state index in [0.717, 1.165) is 6.21 Å². The Bertz CT molecular complexity index is 509. The van der Waals surface area contributed by atoms with Gasteiger partial charge >= 0.3 is 10.4 Å². The average Bonchev–Trinajstić information content (AvgIpc) is 2.29. The van der Waals surface area contributed by atoms with E-state index in [2.05, 4.69) is 20.4 Å². The number of aliphatic hydroxyl groups excluding tert-OH is 2. The van der Waals surface area contributed by atoms with Crippen molar-refractivity contribution < 1.29 is 27.7 Å². The molecule has 15 heteroatoms. The Hall–Kier alpha value is -2.33. The van der Waals surface area contributed by atoms with Crippen LogP contribution in [0.5, 0.6) is 0 Å². The van der Waals surface area contributed by atoms with Gasteiger partial charge in [0.15, 0.2) is 0 Å². The quantitative estimate of drug-likeness (QED) is 0.104. The van der Waals surface area contributed by atoms with Gasteiger partial charge in [0.05, 0.1) is 12.8 Å². The van der Waals surface area contributed by atoms with E-state index in [-0.39, 0.29) is 17.6 Å². The molecule has 0 aliphatic carbocycles. The zero-order chi connectivity index (χ0) is 17.1. The molecule has 0 aliphatic rings. The monoisotopic (exact) mass is 328 g/mol. The molecule has 21 heavy (non-hydrogen) atoms. The Morgan fingerprint density at radius 1 is 1.05 bits per heavy atom. The molecule has 0 spiro atoms. The van der Waals surface area contributed by atoms with E-state index in [4.69, 9.17) is 45.6 Å². The van der Waals surface area contributed by atoms with Crippen molar-refractivity contribution in [2.24, 2.45) is 43.3 Å². The summed E-state index contributed by atoms with van der Waals surface area (Å²) in [4.78, 5) is 0. The summed E-state index contributed by atoms with van der Waals surface area (Å²) in [6, 6.07) is 0. The number of hydrogen-bond donors (Lipinski definition) is 8. The summed E-state index contributed by atoms with van der Waals surface area (Å²) < 4.78 is 31.6. The Labute approximate surface area is 119 Å². The van der Waals surface area contributed by atoms with Crippen molar-refractivity contribution in [2.45, 2.75) is 6.10 Å². The van der Waals surface area contributed by atoms with Crippen LogP contribution in [0, 0.1) is 0 Å². The van der Waals surface area contributed by atoms with Gasteiger partial charge in [-0.25, -0.2) is 0 Å². The van der Waals surface area contributed by atoms with E-state index in [1.807, 2.05) is 0 Å². The van der Waals surface area contributed by atoms with Gasteiger partial charge in [0, 0.05) is 0 Å². The van der Waals surface area contributed by atoms with E-state index in [1.54, 1.807) is 0 Å². The van der Waals surface area contributed by atoms with E-state index >= 15 is 0 Å². The number of guanidine groups is 2. The number of nitrogens with two attached hydrogens (primary N) is 4. The van der Waals surface area contributed by atoms with E-state index in [9.17, 15) is 5.11 Å². The minimum absolute atomic E-state index is 0.0964. The summed E-state index contributed by atoms with van der Waals surface area (Å²) in [7, 11) is -4.67. The first-order valence-electron chi connectivity index (χ1n) is 4.74. The molecule has 0 aromatic carbocycles. The van der Waals surface area contributed by atoms with Crippen molar-refractivity contribution in [1.82, 2.24) is 0 Å². The topological polar surface area (TPSA) is 269 Å². The predicted molar refractivity (Wildman–Crippen MR) is 74.8 cm³/mol. The summed E-state index contributed by atoms with van der Waals surface area (Å²) in [6.07, 6.45) is -0.284. The molecule has 1 unspecified atom stereocenters. The molecule has 12 N–H and O–H groups in total. The molecular weight excluding hydrogens is 312 g/mol. The summed E-state index contributed by atoms with van der Waals surface area (Å²) in [5.74, 6) is -0.575. The third-order valence-electron chi connectivity index (χ3n) is 1.16. The molecule has 0 aliphatic heterocycles. The zero-order valence-electron chi connectivity index (χ0n) is 10.5. The average molecular weight is 328 g/mol. The standard InChI is InChI=1S/C6H14N8O2.H2O4S/c7-5(8)13-11-1-3(4(16)2-15)12-14-6(9)10;1-5(2,3)4/h1,4,15-16H,2H2,(H4,7,8,13)(H4,9,10,14);(H2,1,2,3,4)/b11-1+,12-3+;. The Morgan fingerprint density at radius 3 is 1.81 bits per heavy atom. The van der Waals surface area contributed by atoms with Crippen molar-refractivity contribution in [2.75, 3.05) is 6.61 Å². The van der Waals surface area contributed by atoms with E-state index in [0.29, 0.717) is 0 Å². The highest BCUT2D eigenvalue weighted by atomic mass is 32.3. The minimum atomic E-state index is -4.67. The summed E-state index contributed by atoms with van der Waals surface area (Å²) in [5, 5.41) is 31.3. The highest BCUT2D eigenvalue weighted by Crippen LogP contribution is 1.88. The van der Waals surface area contributed by atoms with Crippen LogP contribution < -0.4 is 22.9 Å². The van der Waals surface area contributed by atoms with Crippen LogP contribution in [0.3, 0.4) is 0 Å². The maximum atomic E-state index is 9.26. The SMILES string of the molecule is NC(N)=N/N=C/C(=N\N=C(N)N)C(O)CO.O=S(=O)(O)O. The molecule has 0 aromatic rings. The third-order valence-corrected chi connectivity index (χ3v) is 1.16. The lowest BCUT2D eigenvalue weighted by atomic mass is 10.2. The molecule has 1 atom stereocenters. The normalized spacial score (nSPS) is 13.0. The smallest absolute Gasteiger partial charge is 0.393 e. The van der Waals surface area contributed by atoms with Gasteiger partial charge < -0.3 is 33.1 Å². The van der Waals surface area contributed by atoms with Crippen molar-refractivity contribution in [3.8, 4) is 0 Å². The lowest BCUT2D eigenvalue weighted by molar-refractivity contribution is 0.146. The van der Waals surface area contributed by atoms with Crippen LogP contribution in [-0.4, -0.2) is 64.3 Å². The van der Waals surface area contributed by atoms with Crippen LogP contribution in [0.4, 0.5) is 0 Å². The lowest BCUT2D eigenvalue weighted by Crippen LogP contribution is -2.27. The van der Waals surface area contributed by atoms with E-state index < -0.39 is 23.1 Å². The molecule has 0 fully saturated rings. The highest BCUT2D eigenvalue weighted by molar-refractivity contribution is 7.79. The zero-order valence-corrected chi connectivity index (χ0v) is 11.3. The van der Waals surface area contributed by atoms with Crippen LogP contribution in [0.15, 0.2) is 20.4 Å². The van der Waals surface area contributed by atoms with Crippen LogP contribution in [0.25, 0.3) is 0 Å². The fourth-order valence-corrected chi connectivity index (χ4v) is 0.542. The van der Waals surface area contributed by atoms with Crippen LogP contribution >= 0.6 is 0 Å². The van der Waals surface area contributed by atoms with Crippen molar-refractivity contribution in [1.29, 1.82) is 0 Å². The second-order valence-electron chi connectivity index (χ2n) is 2.97. The van der Waals surface area contributed by atoms with Gasteiger partial charge in [-0.1, -0.05) is 0 Å². The molecule has 0 amide bonds. The van der Waals surface area contributed by atoms with Crippen molar-refractivity contribution in [3.05, 3.63) is 0 Å². The fourth-order valence-electron chi connectivity index (χ4n) is 0.542. The molecule has 0 saturated heterocycles. The number of nitrogens with zero attached hydrogens (tertiary/aromatic N) is 4. The third kappa shape index (κ3) is 20.2. The van der Waals surface area contributed by atoms with Crippen molar-refractivity contribution in [3.63, 3.8) is 0 Å². The maximum Gasteiger partial charge on any atom is 0.394 e. The number of aliphatic hydroxyl groups is 2. The molecule has 0 heterocycles. The van der Waals surface area contributed by atoms with Gasteiger partial charge in [0.2, 0.25) is 11.9 Å². The van der Waals surface area contributed by atoms with Gasteiger partial charge in [-0.15, -0.1) is 15.3 Å². The highest BCUT2D eigenvalue weighted by Gasteiger charge is 2.09. The first kappa shape index (κ1) is 21.0. The number of rotatable bonds is 5. The molecule has 0 aromatic heterocycles. The van der Waals surface area contributed by atoms with Gasteiger partial charge in [-0.2, -0.15) is 13.5 Å². The van der Waals surface area contributed by atoms with Gasteiger partial charge in [-0.05, 0) is 0 Å². The molecule has 0 radical (unpaired) electrons. The summed E-state index contributed by atoms with van der Waals surface area (Å²) in [6.45, 7) is -0.577. The predicted octanol–water partition coefficient (Wildman–Crippen LogP) is -4.42. The Morgan fingerprint density at radius 2 is 1.48 bits per heavy atom. The second-order valence-corrected chi connectivity index (χ2v) is 3.86. The van der Waals surface area contributed by atoms with Gasteiger partial charge in [-0.3, -0.25) is 9.11 Å². The number of hydrogen-bond acceptors (Lipinski definition) is 8. The second kappa shape index (κ2) is 10.5. The maximum absolute atomic E-state index is 9.26. The molecule has 0 rings (SSSR count). The summed E-state index contributed by atoms with van der Waals surface area (Å²) in [5.41, 5.74) is 20.0. The first-order valence-corrected chi connectivity index (χ1v) is 6.14. The van der Waals surface area contributed by atoms with E-state index in [1.165, 1.54) is 0 Å². The van der Waals surface area contributed by atoms with Gasteiger partial charge in [0.1, 0.15) is 11.8 Å². The molecule has 0 bridgehead atoms. The van der Waals surface area contributed by atoms with Crippen molar-refractivity contribution >= 4 is 34.2 Å². The largest absolute Gasteiger partial charge is 0.394 e. The molecule has 122 valence electrons. The first-order chi connectivity index (χ1) is 9.47. The molecular formula is C6H16N8O6S. The molecule has 0 saturated carbocycles.